The smallest absolute Gasteiger partial charge is 0.272 e. The van der Waals surface area contributed by atoms with E-state index in [4.69, 9.17) is 27.1 Å². The number of β-amino-alcohol motifs (C(OH)–C–C–N with tert-alkyl or cyclic N) is 1. The van der Waals surface area contributed by atoms with Gasteiger partial charge in [0.1, 0.15) is 28.6 Å². The number of likely N-dealkylation sites (tertiary alicyclic amines) is 1. The first kappa shape index (κ1) is 25.9. The summed E-state index contributed by atoms with van der Waals surface area (Å²) < 4.78 is 23.7. The van der Waals surface area contributed by atoms with E-state index >= 15 is 4.39 Å². The van der Waals surface area contributed by atoms with Crippen molar-refractivity contribution >= 4 is 28.8 Å². The lowest BCUT2D eigenvalue weighted by Crippen LogP contribution is -2.53. The molecule has 5 rings (SSSR count). The predicted octanol–water partition coefficient (Wildman–Crippen LogP) is 4.23. The van der Waals surface area contributed by atoms with Crippen LogP contribution in [0, 0.1) is 12.7 Å². The second kappa shape index (κ2) is 9.85. The van der Waals surface area contributed by atoms with E-state index in [0.717, 1.165) is 5.69 Å². The van der Waals surface area contributed by atoms with Crippen LogP contribution in [0.3, 0.4) is 0 Å². The van der Waals surface area contributed by atoms with E-state index < -0.39 is 11.9 Å². The van der Waals surface area contributed by atoms with Crippen molar-refractivity contribution in [3.8, 4) is 16.9 Å². The maximum absolute atomic E-state index is 15.7. The molecule has 198 valence electrons. The summed E-state index contributed by atoms with van der Waals surface area (Å²) >= 11 is 6.43. The summed E-state index contributed by atoms with van der Waals surface area (Å²) in [6, 6.07) is 4.71. The Kier molecular flexibility index (Phi) is 6.70. The lowest BCUT2D eigenvalue weighted by Gasteiger charge is -2.35. The van der Waals surface area contributed by atoms with Crippen molar-refractivity contribution in [1.82, 2.24) is 24.3 Å². The van der Waals surface area contributed by atoms with Crippen LogP contribution >= 0.6 is 11.6 Å². The molecule has 0 saturated carbocycles. The molecule has 1 aliphatic heterocycles. The highest BCUT2D eigenvalue weighted by Crippen LogP contribution is 2.44. The zero-order valence-electron chi connectivity index (χ0n) is 21.4. The molecule has 1 unspecified atom stereocenters. The van der Waals surface area contributed by atoms with Crippen LogP contribution in [0.25, 0.3) is 16.6 Å². The molecule has 4 heterocycles. The average molecular weight is 539 g/mol. The number of aryl methyl sites for hydroxylation is 1. The van der Waals surface area contributed by atoms with Gasteiger partial charge in [-0.05, 0) is 32.9 Å². The van der Waals surface area contributed by atoms with Gasteiger partial charge in [0, 0.05) is 48.7 Å². The number of hydrogen-bond acceptors (Lipinski definition) is 7. The Morgan fingerprint density at radius 1 is 1.26 bits per heavy atom. The third-order valence-corrected chi connectivity index (χ3v) is 6.89. The number of anilines is 1. The number of halogens is 2. The molecule has 1 fully saturated rings. The number of rotatable bonds is 6. The maximum Gasteiger partial charge on any atom is 0.272 e. The Labute approximate surface area is 224 Å². The van der Waals surface area contributed by atoms with Gasteiger partial charge in [0.15, 0.2) is 5.82 Å². The molecule has 38 heavy (non-hydrogen) atoms. The topological polar surface area (TPSA) is 119 Å². The van der Waals surface area contributed by atoms with Gasteiger partial charge in [0.05, 0.1) is 28.5 Å². The molecule has 1 aromatic carbocycles. The van der Waals surface area contributed by atoms with Gasteiger partial charge in [-0.2, -0.15) is 0 Å². The van der Waals surface area contributed by atoms with Gasteiger partial charge in [-0.1, -0.05) is 24.6 Å². The normalized spacial score (nSPS) is 14.7. The third kappa shape index (κ3) is 4.43. The highest BCUT2D eigenvalue weighted by atomic mass is 35.5. The van der Waals surface area contributed by atoms with E-state index in [0.29, 0.717) is 34.0 Å². The Hall–Kier alpha value is -3.76. The summed E-state index contributed by atoms with van der Waals surface area (Å²) in [5, 5.41) is 9.42. The van der Waals surface area contributed by atoms with Crippen LogP contribution in [0.2, 0.25) is 5.02 Å². The van der Waals surface area contributed by atoms with Crippen LogP contribution in [0.1, 0.15) is 54.3 Å². The minimum atomic E-state index is -0.650. The number of aliphatic hydroxyl groups excluding tert-OH is 1. The zero-order valence-corrected chi connectivity index (χ0v) is 22.2. The molecule has 1 saturated heterocycles. The van der Waals surface area contributed by atoms with Gasteiger partial charge in [-0.3, -0.25) is 14.2 Å². The molecule has 1 aliphatic rings. The van der Waals surface area contributed by atoms with Gasteiger partial charge < -0.3 is 20.5 Å². The summed E-state index contributed by atoms with van der Waals surface area (Å²) in [4.78, 5) is 27.3. The molecular formula is C27H28ClFN6O3. The molecule has 4 aromatic rings. The first-order valence-corrected chi connectivity index (χ1v) is 12.7. The predicted molar refractivity (Wildman–Crippen MR) is 142 cm³/mol. The third-order valence-electron chi connectivity index (χ3n) is 6.61. The number of imidazole rings is 1. The summed E-state index contributed by atoms with van der Waals surface area (Å²) in [5.74, 6) is 0.0395. The van der Waals surface area contributed by atoms with Crippen molar-refractivity contribution in [3.05, 3.63) is 70.4 Å². The highest BCUT2D eigenvalue weighted by Gasteiger charge is 2.31. The number of carbonyl (C=O) groups is 1. The van der Waals surface area contributed by atoms with Crippen molar-refractivity contribution in [2.45, 2.75) is 45.8 Å². The molecule has 0 bridgehead atoms. The molecule has 0 spiro atoms. The first-order chi connectivity index (χ1) is 18.1. The summed E-state index contributed by atoms with van der Waals surface area (Å²) in [6.07, 6.45) is 4.03. The highest BCUT2D eigenvalue weighted by molar-refractivity contribution is 6.31. The standard InChI is InChI=1S/C27H28ClFN6O3/c1-13(2)38-24-18(14(3)26-33-15(4)23-25(30)31-7-8-35(23)26)9-19(28)22(29)21(24)16-5-6-20(32-10-16)27(37)34-11-17(36)12-34/h5-10,13-14,17,36H,11-12H2,1-4H3,(H2,30,31). The number of ether oxygens (including phenoxy) is 1. The van der Waals surface area contributed by atoms with E-state index in [9.17, 15) is 9.90 Å². The van der Waals surface area contributed by atoms with E-state index in [1.165, 1.54) is 17.2 Å². The number of aliphatic hydroxyl groups is 1. The Morgan fingerprint density at radius 2 is 2.00 bits per heavy atom. The summed E-state index contributed by atoms with van der Waals surface area (Å²) in [7, 11) is 0. The fourth-order valence-electron chi connectivity index (χ4n) is 4.74. The molecule has 0 aliphatic carbocycles. The van der Waals surface area contributed by atoms with E-state index in [-0.39, 0.29) is 47.3 Å². The van der Waals surface area contributed by atoms with Gasteiger partial charge in [-0.15, -0.1) is 0 Å². The van der Waals surface area contributed by atoms with Crippen molar-refractivity contribution in [3.63, 3.8) is 0 Å². The molecule has 1 amide bonds. The summed E-state index contributed by atoms with van der Waals surface area (Å²) in [5.41, 5.74) is 8.93. The lowest BCUT2D eigenvalue weighted by atomic mass is 9.93. The number of fused-ring (bicyclic) bond motifs is 1. The monoisotopic (exact) mass is 538 g/mol. The van der Waals surface area contributed by atoms with E-state index in [1.54, 1.807) is 24.5 Å². The number of amides is 1. The lowest BCUT2D eigenvalue weighted by molar-refractivity contribution is 0.00551. The number of hydrogen-bond donors (Lipinski definition) is 2. The number of aromatic nitrogens is 4. The number of nitrogens with zero attached hydrogens (tertiary/aromatic N) is 5. The van der Waals surface area contributed by atoms with Crippen LogP contribution in [-0.2, 0) is 0 Å². The number of pyridine rings is 1. The Balaban J connectivity index is 1.62. The molecule has 3 aromatic heterocycles. The van der Waals surface area contributed by atoms with Gasteiger partial charge >= 0.3 is 0 Å². The minimum absolute atomic E-state index is 0.0774. The number of benzene rings is 1. The van der Waals surface area contributed by atoms with Gasteiger partial charge in [0.25, 0.3) is 5.91 Å². The maximum atomic E-state index is 15.7. The molecule has 11 heteroatoms. The fourth-order valence-corrected chi connectivity index (χ4v) is 4.95. The number of nitrogens with two attached hydrogens (primary N) is 1. The molecule has 1 atom stereocenters. The van der Waals surface area contributed by atoms with Gasteiger partial charge in [0.2, 0.25) is 0 Å². The molecule has 0 radical (unpaired) electrons. The van der Waals surface area contributed by atoms with Crippen molar-refractivity contribution in [2.75, 3.05) is 18.8 Å². The molecule has 3 N–H and O–H groups in total. The SMILES string of the molecule is Cc1nc(C(C)c2cc(Cl)c(F)c(-c3ccc(C(=O)N4CC(O)C4)nc3)c2OC(C)C)n2ccnc(N)c12. The second-order valence-electron chi connectivity index (χ2n) is 9.74. The van der Waals surface area contributed by atoms with Crippen molar-refractivity contribution < 1.29 is 19.0 Å². The second-order valence-corrected chi connectivity index (χ2v) is 10.1. The zero-order chi connectivity index (χ0) is 27.3. The first-order valence-electron chi connectivity index (χ1n) is 12.3. The number of carbonyl (C=O) groups excluding carboxylic acids is 1. The fraction of sp³-hybridized carbons (Fsp3) is 0.333. The van der Waals surface area contributed by atoms with Crippen LogP contribution in [0.15, 0.2) is 36.8 Å². The number of nitrogen functional groups attached to an aromatic ring is 1. The minimum Gasteiger partial charge on any atom is -0.490 e. The van der Waals surface area contributed by atoms with Crippen LogP contribution < -0.4 is 10.5 Å². The largest absolute Gasteiger partial charge is 0.490 e. The van der Waals surface area contributed by atoms with Crippen LogP contribution in [0.4, 0.5) is 10.2 Å². The molecule has 9 nitrogen and oxygen atoms in total. The van der Waals surface area contributed by atoms with Gasteiger partial charge in [-0.25, -0.2) is 14.4 Å². The summed E-state index contributed by atoms with van der Waals surface area (Å²) in [6.45, 7) is 8.03. The Morgan fingerprint density at radius 3 is 2.63 bits per heavy atom. The Bertz CT molecular complexity index is 1530. The molecular weight excluding hydrogens is 511 g/mol. The average Bonchev–Trinajstić information content (AvgIpc) is 3.21. The van der Waals surface area contributed by atoms with Crippen molar-refractivity contribution in [1.29, 1.82) is 0 Å². The van der Waals surface area contributed by atoms with Crippen LogP contribution in [0.5, 0.6) is 5.75 Å². The quantitative estimate of drug-likeness (QED) is 0.377. The van der Waals surface area contributed by atoms with Crippen LogP contribution in [-0.4, -0.2) is 60.6 Å². The van der Waals surface area contributed by atoms with E-state index in [1.807, 2.05) is 32.1 Å². The van der Waals surface area contributed by atoms with E-state index in [2.05, 4.69) is 9.97 Å². The van der Waals surface area contributed by atoms with Crippen molar-refractivity contribution in [2.24, 2.45) is 0 Å².